The number of nitrogens with one attached hydrogen (secondary N) is 1. The Balaban J connectivity index is 2.60. The predicted octanol–water partition coefficient (Wildman–Crippen LogP) is 1.49. The van der Waals surface area contributed by atoms with Gasteiger partial charge in [0.2, 0.25) is 10.0 Å². The zero-order valence-electron chi connectivity index (χ0n) is 12.2. The minimum Gasteiger partial charge on any atom is -0.391 e. The van der Waals surface area contributed by atoms with Gasteiger partial charge in [-0.15, -0.1) is 0 Å². The number of rotatable bonds is 8. The van der Waals surface area contributed by atoms with Crippen molar-refractivity contribution in [2.45, 2.75) is 37.2 Å². The molecule has 0 bridgehead atoms. The molecule has 1 atom stereocenters. The van der Waals surface area contributed by atoms with Gasteiger partial charge in [-0.05, 0) is 30.0 Å². The molecule has 0 heterocycles. The van der Waals surface area contributed by atoms with Crippen LogP contribution in [0.25, 0.3) is 0 Å². The summed E-state index contributed by atoms with van der Waals surface area (Å²) in [5, 5.41) is 9.45. The fraction of sp³-hybridized carbons (Fsp3) is 0.571. The number of benzene rings is 1. The Kier molecular flexibility index (Phi) is 6.61. The fourth-order valence-corrected chi connectivity index (χ4v) is 2.80. The highest BCUT2D eigenvalue weighted by molar-refractivity contribution is 7.89. The highest BCUT2D eigenvalue weighted by Gasteiger charge is 2.14. The van der Waals surface area contributed by atoms with Gasteiger partial charge >= 0.3 is 0 Å². The zero-order chi connectivity index (χ0) is 15.2. The zero-order valence-corrected chi connectivity index (χ0v) is 13.0. The van der Waals surface area contributed by atoms with Gasteiger partial charge < -0.3 is 9.84 Å². The first-order valence-corrected chi connectivity index (χ1v) is 8.11. The molecule has 2 N–H and O–H groups in total. The largest absolute Gasteiger partial charge is 0.391 e. The molecule has 0 amide bonds. The average Bonchev–Trinajstić information content (AvgIpc) is 2.39. The standard InChI is InChI=1S/C14H23NO4S/c1-11(2)12-4-6-14(7-5-12)20(17,18)15-9-8-13(16)10-19-3/h4-7,11,13,15-16H,8-10H2,1-3H3. The van der Waals surface area contributed by atoms with E-state index in [1.165, 1.54) is 7.11 Å². The highest BCUT2D eigenvalue weighted by Crippen LogP contribution is 2.17. The molecule has 0 fully saturated rings. The van der Waals surface area contributed by atoms with E-state index in [0.29, 0.717) is 12.3 Å². The molecular weight excluding hydrogens is 278 g/mol. The SMILES string of the molecule is COCC(O)CCNS(=O)(=O)c1ccc(C(C)C)cc1. The van der Waals surface area contributed by atoms with Crippen molar-refractivity contribution in [3.63, 3.8) is 0 Å². The van der Waals surface area contributed by atoms with Crippen LogP contribution in [0.3, 0.4) is 0 Å². The van der Waals surface area contributed by atoms with Crippen molar-refractivity contribution in [2.75, 3.05) is 20.3 Å². The van der Waals surface area contributed by atoms with Crippen LogP contribution in [-0.2, 0) is 14.8 Å². The Morgan fingerprint density at radius 2 is 1.85 bits per heavy atom. The predicted molar refractivity (Wildman–Crippen MR) is 78.2 cm³/mol. The summed E-state index contributed by atoms with van der Waals surface area (Å²) in [6.45, 7) is 4.49. The number of hydrogen-bond acceptors (Lipinski definition) is 4. The average molecular weight is 301 g/mol. The summed E-state index contributed by atoms with van der Waals surface area (Å²) in [6, 6.07) is 6.84. The first-order chi connectivity index (χ1) is 9.36. The third-order valence-corrected chi connectivity index (χ3v) is 4.46. The van der Waals surface area contributed by atoms with E-state index in [4.69, 9.17) is 4.74 Å². The first kappa shape index (κ1) is 17.1. The van der Waals surface area contributed by atoms with Gasteiger partial charge in [-0.2, -0.15) is 0 Å². The number of aliphatic hydroxyl groups is 1. The molecule has 1 aromatic rings. The number of hydrogen-bond donors (Lipinski definition) is 2. The van der Waals surface area contributed by atoms with Crippen LogP contribution in [-0.4, -0.2) is 39.9 Å². The molecule has 0 saturated heterocycles. The summed E-state index contributed by atoms with van der Waals surface area (Å²) in [5.41, 5.74) is 1.10. The number of sulfonamides is 1. The van der Waals surface area contributed by atoms with Crippen LogP contribution in [0.4, 0.5) is 0 Å². The molecule has 20 heavy (non-hydrogen) atoms. The minimum atomic E-state index is -3.52. The molecule has 0 aliphatic heterocycles. The highest BCUT2D eigenvalue weighted by atomic mass is 32.2. The van der Waals surface area contributed by atoms with E-state index in [2.05, 4.69) is 18.6 Å². The van der Waals surface area contributed by atoms with Gasteiger partial charge in [0.1, 0.15) is 0 Å². The Bertz CT molecular complexity index is 496. The molecule has 0 aromatic heterocycles. The molecule has 0 radical (unpaired) electrons. The van der Waals surface area contributed by atoms with E-state index in [9.17, 15) is 13.5 Å². The summed E-state index contributed by atoms with van der Waals surface area (Å²) >= 11 is 0. The van der Waals surface area contributed by atoms with Crippen molar-refractivity contribution < 1.29 is 18.3 Å². The van der Waals surface area contributed by atoms with Crippen molar-refractivity contribution in [1.82, 2.24) is 4.72 Å². The van der Waals surface area contributed by atoms with Crippen LogP contribution in [0, 0.1) is 0 Å². The Morgan fingerprint density at radius 1 is 1.25 bits per heavy atom. The topological polar surface area (TPSA) is 75.6 Å². The lowest BCUT2D eigenvalue weighted by atomic mass is 10.0. The third-order valence-electron chi connectivity index (χ3n) is 2.99. The summed E-state index contributed by atoms with van der Waals surface area (Å²) < 4.78 is 31.3. The van der Waals surface area contributed by atoms with Crippen molar-refractivity contribution in [2.24, 2.45) is 0 Å². The second kappa shape index (κ2) is 7.73. The summed E-state index contributed by atoms with van der Waals surface area (Å²) in [5.74, 6) is 0.365. The van der Waals surface area contributed by atoms with Crippen molar-refractivity contribution in [1.29, 1.82) is 0 Å². The first-order valence-electron chi connectivity index (χ1n) is 6.63. The summed E-state index contributed by atoms with van der Waals surface area (Å²) in [4.78, 5) is 0.239. The van der Waals surface area contributed by atoms with E-state index in [1.54, 1.807) is 12.1 Å². The van der Waals surface area contributed by atoms with Crippen molar-refractivity contribution in [3.05, 3.63) is 29.8 Å². The normalized spacial score (nSPS) is 13.7. The smallest absolute Gasteiger partial charge is 0.240 e. The van der Waals surface area contributed by atoms with Crippen LogP contribution in [0.5, 0.6) is 0 Å². The quantitative estimate of drug-likeness (QED) is 0.763. The van der Waals surface area contributed by atoms with E-state index in [0.717, 1.165) is 5.56 Å². The van der Waals surface area contributed by atoms with E-state index in [1.807, 2.05) is 12.1 Å². The lowest BCUT2D eigenvalue weighted by Gasteiger charge is -2.11. The van der Waals surface area contributed by atoms with Crippen molar-refractivity contribution in [3.8, 4) is 0 Å². The minimum absolute atomic E-state index is 0.179. The second-order valence-corrected chi connectivity index (χ2v) is 6.79. The molecule has 1 rings (SSSR count). The summed E-state index contributed by atoms with van der Waals surface area (Å²) in [6.07, 6.45) is -0.344. The molecule has 5 nitrogen and oxygen atoms in total. The Morgan fingerprint density at radius 3 is 2.35 bits per heavy atom. The van der Waals surface area contributed by atoms with Gasteiger partial charge in [0.25, 0.3) is 0 Å². The molecule has 1 aromatic carbocycles. The van der Waals surface area contributed by atoms with Crippen LogP contribution in [0.2, 0.25) is 0 Å². The number of aliphatic hydroxyl groups excluding tert-OH is 1. The number of methoxy groups -OCH3 is 1. The molecule has 114 valence electrons. The van der Waals surface area contributed by atoms with Gasteiger partial charge in [-0.1, -0.05) is 26.0 Å². The molecule has 6 heteroatoms. The lowest BCUT2D eigenvalue weighted by Crippen LogP contribution is -2.28. The van der Waals surface area contributed by atoms with Gasteiger partial charge in [-0.25, -0.2) is 13.1 Å². The molecule has 0 aliphatic carbocycles. The fourth-order valence-electron chi connectivity index (χ4n) is 1.75. The van der Waals surface area contributed by atoms with Crippen molar-refractivity contribution >= 4 is 10.0 Å². The molecule has 0 saturated carbocycles. The number of ether oxygens (including phenoxy) is 1. The Hall–Kier alpha value is -0.950. The van der Waals surface area contributed by atoms with Gasteiger partial charge in [0.15, 0.2) is 0 Å². The van der Waals surface area contributed by atoms with Crippen LogP contribution in [0.1, 0.15) is 31.7 Å². The van der Waals surface area contributed by atoms with E-state index < -0.39 is 16.1 Å². The van der Waals surface area contributed by atoms with Crippen LogP contribution in [0.15, 0.2) is 29.2 Å². The summed E-state index contributed by atoms with van der Waals surface area (Å²) in [7, 11) is -2.03. The van der Waals surface area contributed by atoms with Gasteiger partial charge in [-0.3, -0.25) is 0 Å². The second-order valence-electron chi connectivity index (χ2n) is 5.02. The van der Waals surface area contributed by atoms with Gasteiger partial charge in [0.05, 0.1) is 17.6 Å². The maximum atomic E-state index is 12.0. The van der Waals surface area contributed by atoms with Crippen LogP contribution < -0.4 is 4.72 Å². The maximum Gasteiger partial charge on any atom is 0.240 e. The van der Waals surface area contributed by atoms with Gasteiger partial charge in [0, 0.05) is 13.7 Å². The van der Waals surface area contributed by atoms with E-state index >= 15 is 0 Å². The Labute approximate surface area is 121 Å². The molecule has 1 unspecified atom stereocenters. The van der Waals surface area contributed by atoms with E-state index in [-0.39, 0.29) is 18.0 Å². The maximum absolute atomic E-state index is 12.0. The monoisotopic (exact) mass is 301 g/mol. The third kappa shape index (κ3) is 5.20. The molecule has 0 aliphatic rings. The van der Waals surface area contributed by atoms with Crippen LogP contribution >= 0.6 is 0 Å². The lowest BCUT2D eigenvalue weighted by molar-refractivity contribution is 0.0603. The molecule has 0 spiro atoms. The molecular formula is C14H23NO4S.